The Bertz CT molecular complexity index is 423. The van der Waals surface area contributed by atoms with Crippen LogP contribution in [0.1, 0.15) is 19.8 Å². The number of morpholine rings is 1. The van der Waals surface area contributed by atoms with Crippen LogP contribution in [0.15, 0.2) is 0 Å². The van der Waals surface area contributed by atoms with Gasteiger partial charge in [-0.05, 0) is 19.8 Å². The van der Waals surface area contributed by atoms with Crippen molar-refractivity contribution in [3.63, 3.8) is 0 Å². The summed E-state index contributed by atoms with van der Waals surface area (Å²) in [5.41, 5.74) is 0. The minimum Gasteiger partial charge on any atom is -0.375 e. The first-order chi connectivity index (χ1) is 8.39. The van der Waals surface area contributed by atoms with E-state index in [9.17, 15) is 13.2 Å². The third-order valence-electron chi connectivity index (χ3n) is 3.47. The van der Waals surface area contributed by atoms with Crippen LogP contribution in [-0.2, 0) is 19.6 Å². The number of hydrogen-bond donors (Lipinski definition) is 0. The van der Waals surface area contributed by atoms with Crippen LogP contribution >= 0.6 is 0 Å². The Balaban J connectivity index is 2.08. The molecule has 2 rings (SSSR count). The number of sulfonamides is 1. The maximum atomic E-state index is 12.4. The van der Waals surface area contributed by atoms with E-state index in [4.69, 9.17) is 4.74 Å². The highest BCUT2D eigenvalue weighted by Crippen LogP contribution is 2.23. The molecule has 0 saturated carbocycles. The maximum Gasteiger partial charge on any atom is 0.241 e. The number of carbonyl (C=O) groups excluding carboxylic acids is 1. The second-order valence-electron chi connectivity index (χ2n) is 5.00. The zero-order valence-corrected chi connectivity index (χ0v) is 11.6. The number of hydrogen-bond acceptors (Lipinski definition) is 4. The summed E-state index contributed by atoms with van der Waals surface area (Å²) in [4.78, 5) is 14.1. The lowest BCUT2D eigenvalue weighted by Gasteiger charge is -2.34. The Morgan fingerprint density at radius 3 is 2.67 bits per heavy atom. The van der Waals surface area contributed by atoms with Gasteiger partial charge in [0.25, 0.3) is 0 Å². The molecule has 0 aliphatic carbocycles. The molecule has 2 atom stereocenters. The fourth-order valence-electron chi connectivity index (χ4n) is 2.61. The van der Waals surface area contributed by atoms with E-state index in [2.05, 4.69) is 0 Å². The Labute approximate surface area is 108 Å². The first-order valence-corrected chi connectivity index (χ1v) is 8.11. The number of nitrogens with zero attached hydrogens (tertiary/aromatic N) is 2. The van der Waals surface area contributed by atoms with Gasteiger partial charge in [-0.15, -0.1) is 0 Å². The van der Waals surface area contributed by atoms with Crippen molar-refractivity contribution in [2.24, 2.45) is 0 Å². The molecule has 1 amide bonds. The smallest absolute Gasteiger partial charge is 0.241 e. The van der Waals surface area contributed by atoms with Gasteiger partial charge in [-0.1, -0.05) is 0 Å². The minimum atomic E-state index is -3.29. The van der Waals surface area contributed by atoms with Gasteiger partial charge in [0.2, 0.25) is 15.9 Å². The van der Waals surface area contributed by atoms with E-state index in [-0.39, 0.29) is 12.0 Å². The zero-order chi connectivity index (χ0) is 13.3. The van der Waals surface area contributed by atoms with Crippen molar-refractivity contribution in [2.45, 2.75) is 31.9 Å². The summed E-state index contributed by atoms with van der Waals surface area (Å²) in [6.07, 6.45) is 2.57. The van der Waals surface area contributed by atoms with E-state index in [0.717, 1.165) is 6.42 Å². The molecule has 2 fully saturated rings. The molecule has 0 radical (unpaired) electrons. The highest BCUT2D eigenvalue weighted by atomic mass is 32.2. The molecule has 7 heteroatoms. The molecule has 2 heterocycles. The van der Waals surface area contributed by atoms with Gasteiger partial charge >= 0.3 is 0 Å². The van der Waals surface area contributed by atoms with Crippen LogP contribution in [0.2, 0.25) is 0 Å². The summed E-state index contributed by atoms with van der Waals surface area (Å²) >= 11 is 0. The molecule has 104 valence electrons. The number of ether oxygens (including phenoxy) is 1. The second-order valence-corrected chi connectivity index (χ2v) is 6.93. The zero-order valence-electron chi connectivity index (χ0n) is 10.8. The van der Waals surface area contributed by atoms with Crippen LogP contribution < -0.4 is 0 Å². The molecule has 0 aromatic carbocycles. The van der Waals surface area contributed by atoms with Crippen molar-refractivity contribution in [1.82, 2.24) is 9.21 Å². The van der Waals surface area contributed by atoms with Crippen molar-refractivity contribution in [3.8, 4) is 0 Å². The summed E-state index contributed by atoms with van der Waals surface area (Å²) < 4.78 is 30.0. The van der Waals surface area contributed by atoms with Gasteiger partial charge in [-0.25, -0.2) is 8.42 Å². The van der Waals surface area contributed by atoms with E-state index in [1.807, 2.05) is 6.92 Å². The maximum absolute atomic E-state index is 12.4. The van der Waals surface area contributed by atoms with Gasteiger partial charge in [0.15, 0.2) is 0 Å². The molecule has 0 spiro atoms. The summed E-state index contributed by atoms with van der Waals surface area (Å²) in [6.45, 7) is 4.00. The van der Waals surface area contributed by atoms with E-state index in [1.54, 1.807) is 4.90 Å². The van der Waals surface area contributed by atoms with Crippen LogP contribution in [0.4, 0.5) is 0 Å². The largest absolute Gasteiger partial charge is 0.375 e. The summed E-state index contributed by atoms with van der Waals surface area (Å²) in [7, 11) is -3.29. The highest BCUT2D eigenvalue weighted by Gasteiger charge is 2.39. The SMILES string of the molecule is C[C@@H]1CN(C(=O)[C@H]2CCCN2S(C)(=O)=O)CCO1. The summed E-state index contributed by atoms with van der Waals surface area (Å²) in [6, 6.07) is -0.509. The van der Waals surface area contributed by atoms with Gasteiger partial charge in [0.1, 0.15) is 6.04 Å². The lowest BCUT2D eigenvalue weighted by atomic mass is 10.2. The molecular formula is C11H20N2O4S. The Morgan fingerprint density at radius 1 is 1.33 bits per heavy atom. The molecular weight excluding hydrogens is 256 g/mol. The first kappa shape index (κ1) is 13.8. The lowest BCUT2D eigenvalue weighted by molar-refractivity contribution is -0.141. The molecule has 0 unspecified atom stereocenters. The highest BCUT2D eigenvalue weighted by molar-refractivity contribution is 7.88. The van der Waals surface area contributed by atoms with Crippen LogP contribution in [0.25, 0.3) is 0 Å². The normalized spacial score (nSPS) is 30.7. The fourth-order valence-corrected chi connectivity index (χ4v) is 3.73. The van der Waals surface area contributed by atoms with Gasteiger partial charge in [-0.3, -0.25) is 4.79 Å². The topological polar surface area (TPSA) is 66.9 Å². The van der Waals surface area contributed by atoms with Crippen LogP contribution in [0.5, 0.6) is 0 Å². The molecule has 18 heavy (non-hydrogen) atoms. The van der Waals surface area contributed by atoms with E-state index < -0.39 is 16.1 Å². The van der Waals surface area contributed by atoms with Crippen molar-refractivity contribution in [2.75, 3.05) is 32.5 Å². The predicted octanol–water partition coefficient (Wildman–Crippen LogP) is -0.342. The number of rotatable bonds is 2. The van der Waals surface area contributed by atoms with Gasteiger partial charge in [0.05, 0.1) is 19.0 Å². The molecule has 0 aromatic heterocycles. The van der Waals surface area contributed by atoms with Gasteiger partial charge < -0.3 is 9.64 Å². The van der Waals surface area contributed by atoms with Crippen molar-refractivity contribution < 1.29 is 17.9 Å². The molecule has 2 aliphatic heterocycles. The summed E-state index contributed by atoms with van der Waals surface area (Å²) in [5, 5.41) is 0. The average Bonchev–Trinajstić information content (AvgIpc) is 2.76. The van der Waals surface area contributed by atoms with Crippen molar-refractivity contribution in [1.29, 1.82) is 0 Å². The van der Waals surface area contributed by atoms with E-state index in [1.165, 1.54) is 10.6 Å². The predicted molar refractivity (Wildman–Crippen MR) is 66.6 cm³/mol. The van der Waals surface area contributed by atoms with Crippen LogP contribution in [0.3, 0.4) is 0 Å². The minimum absolute atomic E-state index is 0.0239. The fraction of sp³-hybridized carbons (Fsp3) is 0.909. The van der Waals surface area contributed by atoms with Gasteiger partial charge in [0, 0.05) is 19.6 Å². The second kappa shape index (κ2) is 5.14. The standard InChI is InChI=1S/C11H20N2O4S/c1-9-8-12(6-7-17-9)11(14)10-4-3-5-13(10)18(2,15)16/h9-10H,3-8H2,1-2H3/t9-,10-/m1/s1. The third kappa shape index (κ3) is 2.84. The lowest BCUT2D eigenvalue weighted by Crippen LogP contribution is -2.52. The van der Waals surface area contributed by atoms with Crippen molar-refractivity contribution >= 4 is 15.9 Å². The Morgan fingerprint density at radius 2 is 2.06 bits per heavy atom. The van der Waals surface area contributed by atoms with Crippen LogP contribution in [0, 0.1) is 0 Å². The van der Waals surface area contributed by atoms with Gasteiger partial charge in [-0.2, -0.15) is 4.31 Å². The molecule has 0 N–H and O–H groups in total. The number of carbonyl (C=O) groups is 1. The molecule has 0 bridgehead atoms. The Hall–Kier alpha value is -0.660. The van der Waals surface area contributed by atoms with Crippen LogP contribution in [-0.4, -0.2) is 68.2 Å². The first-order valence-electron chi connectivity index (χ1n) is 6.27. The van der Waals surface area contributed by atoms with Crippen molar-refractivity contribution in [3.05, 3.63) is 0 Å². The molecule has 2 saturated heterocycles. The average molecular weight is 276 g/mol. The summed E-state index contributed by atoms with van der Waals surface area (Å²) in [5.74, 6) is -0.0759. The Kier molecular flexibility index (Phi) is 3.93. The third-order valence-corrected chi connectivity index (χ3v) is 4.76. The molecule has 2 aliphatic rings. The quantitative estimate of drug-likeness (QED) is 0.692. The molecule has 0 aromatic rings. The molecule has 6 nitrogen and oxygen atoms in total. The van der Waals surface area contributed by atoms with E-state index in [0.29, 0.717) is 32.7 Å². The van der Waals surface area contributed by atoms with E-state index >= 15 is 0 Å². The monoisotopic (exact) mass is 276 g/mol. The number of amides is 1.